The molecule has 0 aliphatic heterocycles. The van der Waals surface area contributed by atoms with Gasteiger partial charge in [0.15, 0.2) is 0 Å². The quantitative estimate of drug-likeness (QED) is 0.437. The van der Waals surface area contributed by atoms with E-state index in [1.807, 2.05) is 13.0 Å². The zero-order valence-electron chi connectivity index (χ0n) is 19.9. The number of rotatable bonds is 11. The van der Waals surface area contributed by atoms with Gasteiger partial charge in [-0.05, 0) is 45.6 Å². The van der Waals surface area contributed by atoms with Crippen molar-refractivity contribution in [1.29, 1.82) is 0 Å². The Hall–Kier alpha value is -3.10. The summed E-state index contributed by atoms with van der Waals surface area (Å²) in [5.41, 5.74) is 5.24. The van der Waals surface area contributed by atoms with Crippen molar-refractivity contribution in [3.63, 3.8) is 0 Å². The third-order valence-corrected chi connectivity index (χ3v) is 5.06. The Morgan fingerprint density at radius 2 is 1.79 bits per heavy atom. The molecule has 0 aromatic heterocycles. The first kappa shape index (κ1) is 26.2. The summed E-state index contributed by atoms with van der Waals surface area (Å²) in [5, 5.41) is 5.40. The van der Waals surface area contributed by atoms with Gasteiger partial charge in [0.2, 0.25) is 17.7 Å². The first-order chi connectivity index (χ1) is 15.5. The largest absolute Gasteiger partial charge is 0.444 e. The maximum absolute atomic E-state index is 13.7. The number of hydrogen-bond acceptors (Lipinski definition) is 5. The number of carbonyl (C=O) groups excluding carboxylic acids is 4. The fraction of sp³-hybridized carbons (Fsp3) is 0.583. The van der Waals surface area contributed by atoms with Gasteiger partial charge in [-0.3, -0.25) is 14.4 Å². The smallest absolute Gasteiger partial charge is 0.408 e. The second-order valence-corrected chi connectivity index (χ2v) is 9.30. The number of ether oxygens (including phenoxy) is 1. The van der Waals surface area contributed by atoms with Crippen molar-refractivity contribution in [1.82, 2.24) is 15.5 Å². The maximum atomic E-state index is 13.7. The van der Waals surface area contributed by atoms with Gasteiger partial charge < -0.3 is 26.0 Å². The number of alkyl carbamates (subject to hydrolysis) is 1. The molecule has 0 bridgehead atoms. The lowest BCUT2D eigenvalue weighted by atomic mass is 10.0. The van der Waals surface area contributed by atoms with Gasteiger partial charge in [0, 0.05) is 12.6 Å². The van der Waals surface area contributed by atoms with Gasteiger partial charge >= 0.3 is 6.09 Å². The molecule has 2 unspecified atom stereocenters. The molecular formula is C24H36N4O5. The molecule has 1 fully saturated rings. The Morgan fingerprint density at radius 1 is 1.15 bits per heavy atom. The van der Waals surface area contributed by atoms with E-state index >= 15 is 0 Å². The first-order valence-electron chi connectivity index (χ1n) is 11.5. The molecule has 0 saturated heterocycles. The van der Waals surface area contributed by atoms with E-state index in [0.717, 1.165) is 25.7 Å². The topological polar surface area (TPSA) is 131 Å². The van der Waals surface area contributed by atoms with E-state index in [9.17, 15) is 19.2 Å². The van der Waals surface area contributed by atoms with Gasteiger partial charge in [0.1, 0.15) is 17.7 Å². The van der Waals surface area contributed by atoms with Gasteiger partial charge in [0.05, 0.1) is 6.42 Å². The molecule has 1 aromatic carbocycles. The maximum Gasteiger partial charge on any atom is 0.408 e. The number of nitrogens with one attached hydrogen (secondary N) is 2. The molecule has 1 aromatic rings. The molecule has 4 amide bonds. The molecule has 1 saturated carbocycles. The van der Waals surface area contributed by atoms with Crippen LogP contribution in [-0.2, 0) is 19.1 Å². The first-order valence-corrected chi connectivity index (χ1v) is 11.5. The zero-order valence-corrected chi connectivity index (χ0v) is 19.9. The number of nitrogens with zero attached hydrogens (tertiary/aromatic N) is 1. The van der Waals surface area contributed by atoms with Crippen molar-refractivity contribution in [2.45, 2.75) is 83.5 Å². The average molecular weight is 461 g/mol. The summed E-state index contributed by atoms with van der Waals surface area (Å²) in [6.45, 7) is 7.60. The highest BCUT2D eigenvalue weighted by Crippen LogP contribution is 2.35. The lowest BCUT2D eigenvalue weighted by Gasteiger charge is -2.34. The van der Waals surface area contributed by atoms with Gasteiger partial charge in [-0.25, -0.2) is 4.79 Å². The van der Waals surface area contributed by atoms with Crippen LogP contribution < -0.4 is 16.4 Å². The SMILES string of the molecule is CCCCNC(=O)C(c1ccccc1)N(C(=O)C(CC(N)=O)NC(=O)OC(C)(C)C)C1CC1. The average Bonchev–Trinajstić information content (AvgIpc) is 3.55. The summed E-state index contributed by atoms with van der Waals surface area (Å²) in [6.07, 6.45) is 1.96. The van der Waals surface area contributed by atoms with Gasteiger partial charge in [0.25, 0.3) is 0 Å². The second-order valence-electron chi connectivity index (χ2n) is 9.30. The fourth-order valence-electron chi connectivity index (χ4n) is 3.46. The van der Waals surface area contributed by atoms with Gasteiger partial charge in [-0.15, -0.1) is 0 Å². The predicted octanol–water partition coefficient (Wildman–Crippen LogP) is 2.40. The van der Waals surface area contributed by atoms with Crippen molar-refractivity contribution in [2.24, 2.45) is 5.73 Å². The highest BCUT2D eigenvalue weighted by atomic mass is 16.6. The monoisotopic (exact) mass is 460 g/mol. The fourth-order valence-corrected chi connectivity index (χ4v) is 3.46. The third-order valence-electron chi connectivity index (χ3n) is 5.06. The van der Waals surface area contributed by atoms with Crippen LogP contribution in [0.1, 0.15) is 71.4 Å². The summed E-state index contributed by atoms with van der Waals surface area (Å²) in [4.78, 5) is 52.5. The summed E-state index contributed by atoms with van der Waals surface area (Å²) in [7, 11) is 0. The molecule has 9 nitrogen and oxygen atoms in total. The Bertz CT molecular complexity index is 833. The second kappa shape index (κ2) is 11.7. The Kier molecular flexibility index (Phi) is 9.25. The van der Waals surface area contributed by atoms with E-state index < -0.39 is 42.0 Å². The lowest BCUT2D eigenvalue weighted by Crippen LogP contribution is -2.54. The van der Waals surface area contributed by atoms with E-state index in [1.54, 1.807) is 45.0 Å². The summed E-state index contributed by atoms with van der Waals surface area (Å²) >= 11 is 0. The molecule has 1 aliphatic rings. The van der Waals surface area contributed by atoms with E-state index in [2.05, 4.69) is 10.6 Å². The molecule has 0 heterocycles. The minimum absolute atomic E-state index is 0.171. The summed E-state index contributed by atoms with van der Waals surface area (Å²) in [6, 6.07) is 6.71. The van der Waals surface area contributed by atoms with Crippen LogP contribution in [0.25, 0.3) is 0 Å². The van der Waals surface area contributed by atoms with Crippen molar-refractivity contribution in [2.75, 3.05) is 6.54 Å². The van der Waals surface area contributed by atoms with Crippen LogP contribution in [0.2, 0.25) is 0 Å². The van der Waals surface area contributed by atoms with Crippen LogP contribution in [0.4, 0.5) is 4.79 Å². The number of hydrogen-bond donors (Lipinski definition) is 3. The highest BCUT2D eigenvalue weighted by molar-refractivity contribution is 5.94. The highest BCUT2D eigenvalue weighted by Gasteiger charge is 2.44. The molecule has 4 N–H and O–H groups in total. The molecule has 1 aliphatic carbocycles. The number of benzene rings is 1. The van der Waals surface area contributed by atoms with Crippen molar-refractivity contribution in [3.05, 3.63) is 35.9 Å². The van der Waals surface area contributed by atoms with Crippen LogP contribution in [-0.4, -0.2) is 52.9 Å². The Morgan fingerprint density at radius 3 is 2.30 bits per heavy atom. The Balaban J connectivity index is 2.36. The third kappa shape index (κ3) is 8.40. The van der Waals surface area contributed by atoms with Gasteiger partial charge in [-0.2, -0.15) is 0 Å². The van der Waals surface area contributed by atoms with E-state index in [-0.39, 0.29) is 11.9 Å². The van der Waals surface area contributed by atoms with Gasteiger partial charge in [-0.1, -0.05) is 43.7 Å². The van der Waals surface area contributed by atoms with Crippen molar-refractivity contribution >= 4 is 23.8 Å². The molecule has 33 heavy (non-hydrogen) atoms. The normalized spacial score (nSPS) is 15.2. The predicted molar refractivity (Wildman–Crippen MR) is 124 cm³/mol. The van der Waals surface area contributed by atoms with E-state index in [0.29, 0.717) is 12.1 Å². The molecule has 9 heteroatoms. The number of amides is 4. The molecule has 2 rings (SSSR count). The number of carbonyl (C=O) groups is 4. The van der Waals surface area contributed by atoms with Crippen LogP contribution in [0.15, 0.2) is 30.3 Å². The molecule has 2 atom stereocenters. The number of nitrogens with two attached hydrogens (primary N) is 1. The molecule has 0 spiro atoms. The standard InChI is InChI=1S/C24H36N4O5/c1-5-6-14-26-21(30)20(16-10-8-7-9-11-16)28(17-12-13-17)22(31)18(15-19(25)29)27-23(32)33-24(2,3)4/h7-11,17-18,20H,5-6,12-15H2,1-4H3,(H2,25,29)(H,26,30)(H,27,32). The number of primary amides is 1. The zero-order chi connectivity index (χ0) is 24.6. The molecule has 0 radical (unpaired) electrons. The molecular weight excluding hydrogens is 424 g/mol. The summed E-state index contributed by atoms with van der Waals surface area (Å²) in [5.74, 6) is -1.59. The van der Waals surface area contributed by atoms with Crippen LogP contribution >= 0.6 is 0 Å². The van der Waals surface area contributed by atoms with Crippen molar-refractivity contribution < 1.29 is 23.9 Å². The van der Waals surface area contributed by atoms with Crippen LogP contribution in [0.5, 0.6) is 0 Å². The summed E-state index contributed by atoms with van der Waals surface area (Å²) < 4.78 is 5.26. The van der Waals surface area contributed by atoms with E-state index in [4.69, 9.17) is 10.5 Å². The van der Waals surface area contributed by atoms with E-state index in [1.165, 1.54) is 4.90 Å². The van der Waals surface area contributed by atoms with Crippen LogP contribution in [0.3, 0.4) is 0 Å². The Labute approximate surface area is 195 Å². The minimum atomic E-state index is -1.24. The lowest BCUT2D eigenvalue weighted by molar-refractivity contribution is -0.144. The van der Waals surface area contributed by atoms with Crippen molar-refractivity contribution in [3.8, 4) is 0 Å². The van der Waals surface area contributed by atoms with Crippen LogP contribution in [0, 0.1) is 0 Å². The molecule has 182 valence electrons. The number of unbranched alkanes of at least 4 members (excludes halogenated alkanes) is 1. The minimum Gasteiger partial charge on any atom is -0.444 e.